The van der Waals surface area contributed by atoms with Crippen LogP contribution in [-0.4, -0.2) is 24.0 Å². The number of thiophene rings is 1. The molecule has 3 rings (SSSR count). The van der Waals surface area contributed by atoms with Crippen molar-refractivity contribution in [1.29, 1.82) is 0 Å². The SMILES string of the molecule is COc1ccc(C(=O)N(Cc2ccc(Cl)cc2)C(C)Cc2cccs2)cc1. The Morgan fingerprint density at radius 1 is 1.11 bits per heavy atom. The van der Waals surface area contributed by atoms with E-state index >= 15 is 0 Å². The molecule has 1 amide bonds. The summed E-state index contributed by atoms with van der Waals surface area (Å²) < 4.78 is 5.20. The first-order valence-electron chi connectivity index (χ1n) is 8.78. The highest BCUT2D eigenvalue weighted by Gasteiger charge is 2.22. The fourth-order valence-electron chi connectivity index (χ4n) is 2.94. The first-order valence-corrected chi connectivity index (χ1v) is 10.0. The van der Waals surface area contributed by atoms with E-state index in [4.69, 9.17) is 16.3 Å². The summed E-state index contributed by atoms with van der Waals surface area (Å²) in [6.45, 7) is 2.63. The number of nitrogens with zero attached hydrogens (tertiary/aromatic N) is 1. The van der Waals surface area contributed by atoms with Crippen molar-refractivity contribution >= 4 is 28.8 Å². The topological polar surface area (TPSA) is 29.5 Å². The van der Waals surface area contributed by atoms with Gasteiger partial charge >= 0.3 is 0 Å². The van der Waals surface area contributed by atoms with Crippen molar-refractivity contribution in [2.24, 2.45) is 0 Å². The van der Waals surface area contributed by atoms with E-state index < -0.39 is 0 Å². The van der Waals surface area contributed by atoms with E-state index in [0.717, 1.165) is 17.7 Å². The summed E-state index contributed by atoms with van der Waals surface area (Å²) in [6.07, 6.45) is 0.827. The molecule has 0 bridgehead atoms. The third-order valence-corrected chi connectivity index (χ3v) is 5.62. The maximum absolute atomic E-state index is 13.2. The number of halogens is 1. The van der Waals surface area contributed by atoms with Gasteiger partial charge in [0, 0.05) is 34.5 Å². The molecule has 2 aromatic carbocycles. The summed E-state index contributed by atoms with van der Waals surface area (Å²) in [7, 11) is 1.62. The molecule has 27 heavy (non-hydrogen) atoms. The van der Waals surface area contributed by atoms with Crippen LogP contribution in [0, 0.1) is 0 Å². The van der Waals surface area contributed by atoms with Gasteiger partial charge < -0.3 is 9.64 Å². The van der Waals surface area contributed by atoms with Crippen LogP contribution in [0.4, 0.5) is 0 Å². The monoisotopic (exact) mass is 399 g/mol. The molecule has 0 radical (unpaired) electrons. The number of hydrogen-bond acceptors (Lipinski definition) is 3. The van der Waals surface area contributed by atoms with Gasteiger partial charge in [0.25, 0.3) is 5.91 Å². The van der Waals surface area contributed by atoms with Crippen LogP contribution >= 0.6 is 22.9 Å². The number of rotatable bonds is 7. The zero-order chi connectivity index (χ0) is 19.2. The van der Waals surface area contributed by atoms with Crippen LogP contribution in [0.15, 0.2) is 66.0 Å². The van der Waals surface area contributed by atoms with Crippen LogP contribution in [0.3, 0.4) is 0 Å². The van der Waals surface area contributed by atoms with Gasteiger partial charge in [-0.25, -0.2) is 0 Å². The standard InChI is InChI=1S/C22H22ClNO2S/c1-16(14-21-4-3-13-27-21)24(15-17-5-9-19(23)10-6-17)22(25)18-7-11-20(26-2)12-8-18/h3-13,16H,14-15H2,1-2H3. The molecule has 0 saturated carbocycles. The normalized spacial score (nSPS) is 11.8. The maximum atomic E-state index is 13.2. The van der Waals surface area contributed by atoms with Gasteiger partial charge in [-0.15, -0.1) is 11.3 Å². The second-order valence-corrected chi connectivity index (χ2v) is 7.89. The highest BCUT2D eigenvalue weighted by atomic mass is 35.5. The molecule has 1 unspecified atom stereocenters. The van der Waals surface area contributed by atoms with Crippen molar-refractivity contribution in [2.45, 2.75) is 25.9 Å². The number of hydrogen-bond donors (Lipinski definition) is 0. The molecular formula is C22H22ClNO2S. The van der Waals surface area contributed by atoms with Gasteiger partial charge in [0.05, 0.1) is 7.11 Å². The molecule has 0 saturated heterocycles. The summed E-state index contributed by atoms with van der Waals surface area (Å²) in [6, 6.07) is 19.1. The lowest BCUT2D eigenvalue weighted by molar-refractivity contribution is 0.0676. The summed E-state index contributed by atoms with van der Waals surface area (Å²) in [5, 5.41) is 2.76. The largest absolute Gasteiger partial charge is 0.497 e. The van der Waals surface area contributed by atoms with Crippen molar-refractivity contribution < 1.29 is 9.53 Å². The molecule has 5 heteroatoms. The van der Waals surface area contributed by atoms with E-state index in [-0.39, 0.29) is 11.9 Å². The Bertz CT molecular complexity index is 860. The molecular weight excluding hydrogens is 378 g/mol. The average molecular weight is 400 g/mol. The Morgan fingerprint density at radius 3 is 2.41 bits per heavy atom. The van der Waals surface area contributed by atoms with Crippen LogP contribution < -0.4 is 4.74 Å². The second kappa shape index (κ2) is 9.07. The number of carbonyl (C=O) groups excluding carboxylic acids is 1. The van der Waals surface area contributed by atoms with E-state index in [2.05, 4.69) is 18.4 Å². The Hall–Kier alpha value is -2.30. The van der Waals surface area contributed by atoms with Gasteiger partial charge in [0.15, 0.2) is 0 Å². The van der Waals surface area contributed by atoms with Crippen molar-refractivity contribution in [3.63, 3.8) is 0 Å². The Balaban J connectivity index is 1.84. The fraction of sp³-hybridized carbons (Fsp3) is 0.227. The molecule has 0 N–H and O–H groups in total. The van der Waals surface area contributed by atoms with Crippen molar-refractivity contribution in [1.82, 2.24) is 4.90 Å². The quantitative estimate of drug-likeness (QED) is 0.511. The Labute approximate surface area is 169 Å². The molecule has 1 heterocycles. The molecule has 3 nitrogen and oxygen atoms in total. The smallest absolute Gasteiger partial charge is 0.254 e. The van der Waals surface area contributed by atoms with Crippen molar-refractivity contribution in [2.75, 3.05) is 7.11 Å². The molecule has 0 spiro atoms. The molecule has 0 aliphatic carbocycles. The zero-order valence-corrected chi connectivity index (χ0v) is 17.0. The lowest BCUT2D eigenvalue weighted by Crippen LogP contribution is -2.39. The van der Waals surface area contributed by atoms with Crippen LogP contribution in [0.2, 0.25) is 5.02 Å². The summed E-state index contributed by atoms with van der Waals surface area (Å²) in [5.74, 6) is 0.749. The first-order chi connectivity index (χ1) is 13.1. The number of carbonyl (C=O) groups is 1. The predicted octanol–water partition coefficient (Wildman–Crippen LogP) is 5.68. The van der Waals surface area contributed by atoms with Crippen molar-refractivity contribution in [3.05, 3.63) is 87.1 Å². The van der Waals surface area contributed by atoms with Gasteiger partial charge in [-0.1, -0.05) is 29.8 Å². The van der Waals surface area contributed by atoms with Gasteiger partial charge in [0.1, 0.15) is 5.75 Å². The van der Waals surface area contributed by atoms with Crippen LogP contribution in [0.5, 0.6) is 5.75 Å². The third-order valence-electron chi connectivity index (χ3n) is 4.47. The van der Waals surface area contributed by atoms with Crippen LogP contribution in [0.25, 0.3) is 0 Å². The zero-order valence-electron chi connectivity index (χ0n) is 15.4. The van der Waals surface area contributed by atoms with E-state index in [1.165, 1.54) is 4.88 Å². The third kappa shape index (κ3) is 5.12. The van der Waals surface area contributed by atoms with Gasteiger partial charge in [0.2, 0.25) is 0 Å². The molecule has 0 aliphatic rings. The molecule has 1 atom stereocenters. The number of benzene rings is 2. The molecule has 0 aliphatic heterocycles. The van der Waals surface area contributed by atoms with Crippen molar-refractivity contribution in [3.8, 4) is 5.75 Å². The van der Waals surface area contributed by atoms with Crippen LogP contribution in [0.1, 0.15) is 27.7 Å². The maximum Gasteiger partial charge on any atom is 0.254 e. The second-order valence-electron chi connectivity index (χ2n) is 6.42. The molecule has 140 valence electrons. The minimum Gasteiger partial charge on any atom is -0.497 e. The summed E-state index contributed by atoms with van der Waals surface area (Å²) >= 11 is 7.72. The average Bonchev–Trinajstić information content (AvgIpc) is 3.20. The van der Waals surface area contributed by atoms with E-state index in [1.54, 1.807) is 18.4 Å². The van der Waals surface area contributed by atoms with Gasteiger partial charge in [-0.05, 0) is 60.3 Å². The highest BCUT2D eigenvalue weighted by molar-refractivity contribution is 7.09. The van der Waals surface area contributed by atoms with Gasteiger partial charge in [-0.3, -0.25) is 4.79 Å². The number of ether oxygens (including phenoxy) is 1. The van der Waals surface area contributed by atoms with E-state index in [1.807, 2.05) is 59.5 Å². The fourth-order valence-corrected chi connectivity index (χ4v) is 3.90. The molecule has 1 aromatic heterocycles. The highest BCUT2D eigenvalue weighted by Crippen LogP contribution is 2.21. The first kappa shape index (κ1) is 19.5. The number of amides is 1. The van der Waals surface area contributed by atoms with Gasteiger partial charge in [-0.2, -0.15) is 0 Å². The summed E-state index contributed by atoms with van der Waals surface area (Å²) in [4.78, 5) is 16.4. The van der Waals surface area contributed by atoms with E-state index in [0.29, 0.717) is 17.1 Å². The number of methoxy groups -OCH3 is 1. The van der Waals surface area contributed by atoms with Crippen LogP contribution in [-0.2, 0) is 13.0 Å². The summed E-state index contributed by atoms with van der Waals surface area (Å²) in [5.41, 5.74) is 1.71. The predicted molar refractivity (Wildman–Crippen MR) is 112 cm³/mol. The lowest BCUT2D eigenvalue weighted by Gasteiger charge is -2.29. The molecule has 0 fully saturated rings. The Kier molecular flexibility index (Phi) is 6.54. The lowest BCUT2D eigenvalue weighted by atomic mass is 10.1. The molecule has 3 aromatic rings. The minimum atomic E-state index is 0.0108. The minimum absolute atomic E-state index is 0.0108. The van der Waals surface area contributed by atoms with E-state index in [9.17, 15) is 4.79 Å². The Morgan fingerprint density at radius 2 is 1.81 bits per heavy atom.